The second-order valence-corrected chi connectivity index (χ2v) is 3.24. The first-order chi connectivity index (χ1) is 8.04. The van der Waals surface area contributed by atoms with Gasteiger partial charge >= 0.3 is 0 Å². The van der Waals surface area contributed by atoms with E-state index in [4.69, 9.17) is 0 Å². The van der Waals surface area contributed by atoms with Gasteiger partial charge in [-0.3, -0.25) is 20.2 Å². The van der Waals surface area contributed by atoms with Crippen molar-refractivity contribution in [1.29, 1.82) is 0 Å². The van der Waals surface area contributed by atoms with Crippen LogP contribution in [-0.2, 0) is 4.84 Å². The van der Waals surface area contributed by atoms with Gasteiger partial charge in [0.25, 0.3) is 5.69 Å². The van der Waals surface area contributed by atoms with Crippen molar-refractivity contribution >= 4 is 5.69 Å². The Bertz CT molecular complexity index is 423. The van der Waals surface area contributed by atoms with Crippen molar-refractivity contribution in [2.45, 2.75) is 6.04 Å². The fourth-order valence-corrected chi connectivity index (χ4v) is 1.36. The van der Waals surface area contributed by atoms with Crippen LogP contribution >= 0.6 is 0 Å². The molecule has 8 heteroatoms. The Hall–Kier alpha value is -2.06. The van der Waals surface area contributed by atoms with Gasteiger partial charge in [-0.2, -0.15) is 5.48 Å². The zero-order valence-electron chi connectivity index (χ0n) is 9.03. The quantitative estimate of drug-likeness (QED) is 0.589. The predicted molar refractivity (Wildman–Crippen MR) is 57.8 cm³/mol. The molecule has 0 heterocycles. The highest BCUT2D eigenvalue weighted by molar-refractivity contribution is 5.35. The summed E-state index contributed by atoms with van der Waals surface area (Å²) in [7, 11) is 1.32. The van der Waals surface area contributed by atoms with Crippen molar-refractivity contribution in [2.75, 3.05) is 13.7 Å². The van der Waals surface area contributed by atoms with Crippen LogP contribution in [0.2, 0.25) is 0 Å². The lowest BCUT2D eigenvalue weighted by molar-refractivity contribution is -0.486. The van der Waals surface area contributed by atoms with Crippen LogP contribution in [0.15, 0.2) is 24.3 Å². The summed E-state index contributed by atoms with van der Waals surface area (Å²) in [5, 5.41) is 21.0. The molecule has 8 nitrogen and oxygen atoms in total. The predicted octanol–water partition coefficient (Wildman–Crippen LogP) is 1.06. The van der Waals surface area contributed by atoms with Gasteiger partial charge in [0.15, 0.2) is 0 Å². The molecule has 17 heavy (non-hydrogen) atoms. The highest BCUT2D eigenvalue weighted by Crippen LogP contribution is 2.19. The van der Waals surface area contributed by atoms with Crippen LogP contribution in [0, 0.1) is 20.2 Å². The lowest BCUT2D eigenvalue weighted by atomic mass is 10.1. The van der Waals surface area contributed by atoms with Crippen molar-refractivity contribution in [3.63, 3.8) is 0 Å². The van der Waals surface area contributed by atoms with Crippen LogP contribution in [0.1, 0.15) is 11.6 Å². The molecule has 0 fully saturated rings. The van der Waals surface area contributed by atoms with Crippen molar-refractivity contribution in [1.82, 2.24) is 5.48 Å². The number of nitrogens with zero attached hydrogens (tertiary/aromatic N) is 2. The lowest BCUT2D eigenvalue weighted by Crippen LogP contribution is -2.27. The summed E-state index contributed by atoms with van der Waals surface area (Å²) < 4.78 is 0. The number of benzene rings is 1. The molecule has 0 amide bonds. The molecule has 1 N–H and O–H groups in total. The van der Waals surface area contributed by atoms with Gasteiger partial charge in [0.2, 0.25) is 6.54 Å². The Morgan fingerprint density at radius 2 is 2.12 bits per heavy atom. The molecular weight excluding hydrogens is 230 g/mol. The Balaban J connectivity index is 2.96. The van der Waals surface area contributed by atoms with Gasteiger partial charge < -0.3 is 4.84 Å². The summed E-state index contributed by atoms with van der Waals surface area (Å²) in [5.41, 5.74) is 2.74. The standard InChI is InChI=1S/C9H11N3O5/c1-17-10-9(6-11(13)14)7-3-2-4-8(5-7)12(15)16/h2-5,9-10H,6H2,1H3. The normalized spacial score (nSPS) is 12.1. The summed E-state index contributed by atoms with van der Waals surface area (Å²) in [6.45, 7) is -0.422. The molecule has 0 aromatic heterocycles. The second kappa shape index (κ2) is 5.87. The third-order valence-corrected chi connectivity index (χ3v) is 2.08. The van der Waals surface area contributed by atoms with E-state index in [9.17, 15) is 20.2 Å². The van der Waals surface area contributed by atoms with Crippen LogP contribution in [0.5, 0.6) is 0 Å². The van der Waals surface area contributed by atoms with Crippen LogP contribution < -0.4 is 5.48 Å². The average Bonchev–Trinajstić information content (AvgIpc) is 2.28. The van der Waals surface area contributed by atoms with Crippen LogP contribution in [0.25, 0.3) is 0 Å². The smallest absolute Gasteiger partial charge is 0.269 e. The summed E-state index contributed by atoms with van der Waals surface area (Å²) >= 11 is 0. The maximum absolute atomic E-state index is 10.6. The summed E-state index contributed by atoms with van der Waals surface area (Å²) in [6, 6.07) is 4.90. The third kappa shape index (κ3) is 3.78. The van der Waals surface area contributed by atoms with Gasteiger partial charge in [-0.1, -0.05) is 12.1 Å². The summed E-state index contributed by atoms with van der Waals surface area (Å²) in [6.07, 6.45) is 0. The number of nitrogens with one attached hydrogen (secondary N) is 1. The molecule has 1 aromatic carbocycles. The SMILES string of the molecule is CONC(C[N+](=O)[O-])c1cccc([N+](=O)[O-])c1. The number of hydrogen-bond donors (Lipinski definition) is 1. The molecule has 1 aromatic rings. The average molecular weight is 241 g/mol. The van der Waals surface area contributed by atoms with E-state index in [2.05, 4.69) is 10.3 Å². The molecule has 0 aliphatic rings. The molecule has 92 valence electrons. The zero-order valence-corrected chi connectivity index (χ0v) is 9.03. The fourth-order valence-electron chi connectivity index (χ4n) is 1.36. The number of rotatable bonds is 6. The van der Waals surface area contributed by atoms with Gasteiger partial charge in [-0.25, -0.2) is 0 Å². The fraction of sp³-hybridized carbons (Fsp3) is 0.333. The van der Waals surface area contributed by atoms with E-state index in [1.165, 1.54) is 25.3 Å². The largest absolute Gasteiger partial charge is 0.304 e. The topological polar surface area (TPSA) is 108 Å². The minimum Gasteiger partial charge on any atom is -0.304 e. The van der Waals surface area contributed by atoms with E-state index in [0.29, 0.717) is 5.56 Å². The van der Waals surface area contributed by atoms with Gasteiger partial charge in [0.05, 0.1) is 12.0 Å². The molecule has 0 aliphatic carbocycles. The van der Waals surface area contributed by atoms with Crippen molar-refractivity contribution in [2.24, 2.45) is 0 Å². The van der Waals surface area contributed by atoms with E-state index in [-0.39, 0.29) is 5.69 Å². The molecule has 1 atom stereocenters. The minimum absolute atomic E-state index is 0.117. The van der Waals surface area contributed by atoms with Gasteiger partial charge in [0, 0.05) is 17.1 Å². The molecule has 1 unspecified atom stereocenters. The summed E-state index contributed by atoms with van der Waals surface area (Å²) in [5.74, 6) is 0. The molecule has 0 bridgehead atoms. The number of hydrogen-bond acceptors (Lipinski definition) is 6. The molecule has 1 rings (SSSR count). The van der Waals surface area contributed by atoms with Crippen LogP contribution in [0.4, 0.5) is 5.69 Å². The molecule has 0 spiro atoms. The molecule has 0 saturated carbocycles. The van der Waals surface area contributed by atoms with Crippen LogP contribution in [0.3, 0.4) is 0 Å². The van der Waals surface area contributed by atoms with E-state index in [1.807, 2.05) is 0 Å². The zero-order chi connectivity index (χ0) is 12.8. The van der Waals surface area contributed by atoms with E-state index in [1.54, 1.807) is 6.07 Å². The molecule has 0 radical (unpaired) electrons. The number of hydroxylamine groups is 1. The highest BCUT2D eigenvalue weighted by Gasteiger charge is 2.19. The van der Waals surface area contributed by atoms with E-state index in [0.717, 1.165) is 0 Å². The third-order valence-electron chi connectivity index (χ3n) is 2.08. The van der Waals surface area contributed by atoms with Gasteiger partial charge in [-0.05, 0) is 5.56 Å². The van der Waals surface area contributed by atoms with Gasteiger partial charge in [-0.15, -0.1) is 0 Å². The molecule has 0 aliphatic heterocycles. The van der Waals surface area contributed by atoms with Crippen molar-refractivity contribution < 1.29 is 14.7 Å². The number of nitro groups is 2. The monoisotopic (exact) mass is 241 g/mol. The van der Waals surface area contributed by atoms with Crippen molar-refractivity contribution in [3.05, 3.63) is 50.1 Å². The van der Waals surface area contributed by atoms with E-state index >= 15 is 0 Å². The summed E-state index contributed by atoms with van der Waals surface area (Å²) in [4.78, 5) is 24.6. The first-order valence-corrected chi connectivity index (χ1v) is 4.69. The maximum Gasteiger partial charge on any atom is 0.269 e. The first kappa shape index (κ1) is 13.0. The number of non-ortho nitro benzene ring substituents is 1. The van der Waals surface area contributed by atoms with Crippen LogP contribution in [-0.4, -0.2) is 23.5 Å². The van der Waals surface area contributed by atoms with Crippen molar-refractivity contribution in [3.8, 4) is 0 Å². The second-order valence-electron chi connectivity index (χ2n) is 3.24. The lowest BCUT2D eigenvalue weighted by Gasteiger charge is -2.12. The maximum atomic E-state index is 10.6. The van der Waals surface area contributed by atoms with E-state index < -0.39 is 22.4 Å². The Morgan fingerprint density at radius 1 is 1.41 bits per heavy atom. The van der Waals surface area contributed by atoms with Gasteiger partial charge in [0.1, 0.15) is 6.04 Å². The first-order valence-electron chi connectivity index (χ1n) is 4.69. The Labute approximate surface area is 96.4 Å². The minimum atomic E-state index is -0.727. The Morgan fingerprint density at radius 3 is 2.65 bits per heavy atom. The molecule has 0 saturated heterocycles. The number of nitro benzene ring substituents is 1. The highest BCUT2D eigenvalue weighted by atomic mass is 16.6. The molecular formula is C9H11N3O5. The Kier molecular flexibility index (Phi) is 4.49.